The SMILES string of the molecule is CC(=O)O.O=C(O)CCl.[NaH]. The fourth-order valence-electron chi connectivity index (χ4n) is 0. The molecule has 0 aliphatic heterocycles. The third-order valence-corrected chi connectivity index (χ3v) is 0.343. The Hall–Kier alpha value is 0.230. The van der Waals surface area contributed by atoms with Gasteiger partial charge in [-0.1, -0.05) is 0 Å². The summed E-state index contributed by atoms with van der Waals surface area (Å²) in [6.07, 6.45) is 0. The molecule has 0 spiro atoms. The van der Waals surface area contributed by atoms with E-state index in [2.05, 4.69) is 0 Å². The van der Waals surface area contributed by atoms with Crippen molar-refractivity contribution in [3.63, 3.8) is 0 Å². The van der Waals surface area contributed by atoms with E-state index < -0.39 is 11.9 Å². The van der Waals surface area contributed by atoms with Crippen LogP contribution in [0.2, 0.25) is 0 Å². The first kappa shape index (κ1) is 16.7. The minimum atomic E-state index is -0.980. The van der Waals surface area contributed by atoms with Gasteiger partial charge >= 0.3 is 35.5 Å². The van der Waals surface area contributed by atoms with E-state index in [0.717, 1.165) is 6.92 Å². The van der Waals surface area contributed by atoms with Crippen LogP contribution in [0.1, 0.15) is 6.92 Å². The van der Waals surface area contributed by atoms with Gasteiger partial charge in [0.2, 0.25) is 0 Å². The third-order valence-electron chi connectivity index (χ3n) is 0.114. The molecule has 0 saturated heterocycles. The van der Waals surface area contributed by atoms with Crippen molar-refractivity contribution < 1.29 is 19.8 Å². The van der Waals surface area contributed by atoms with Crippen LogP contribution in [0, 0.1) is 0 Å². The van der Waals surface area contributed by atoms with Gasteiger partial charge in [0.25, 0.3) is 5.97 Å². The van der Waals surface area contributed by atoms with E-state index in [-0.39, 0.29) is 35.4 Å². The van der Waals surface area contributed by atoms with Crippen LogP contribution in [0.25, 0.3) is 0 Å². The maximum absolute atomic E-state index is 9.24. The first-order valence-electron chi connectivity index (χ1n) is 1.98. The molecule has 0 heterocycles. The van der Waals surface area contributed by atoms with Crippen molar-refractivity contribution in [1.29, 1.82) is 0 Å². The van der Waals surface area contributed by atoms with Crippen molar-refractivity contribution in [2.75, 3.05) is 5.88 Å². The van der Waals surface area contributed by atoms with Crippen LogP contribution >= 0.6 is 11.6 Å². The number of hydrogen-bond acceptors (Lipinski definition) is 2. The van der Waals surface area contributed by atoms with E-state index in [1.165, 1.54) is 0 Å². The van der Waals surface area contributed by atoms with Gasteiger partial charge in [0.05, 0.1) is 0 Å². The number of rotatable bonds is 1. The number of carbonyl (C=O) groups is 2. The Morgan fingerprint density at radius 1 is 1.40 bits per heavy atom. The van der Waals surface area contributed by atoms with E-state index in [4.69, 9.17) is 26.6 Å². The monoisotopic (exact) mass is 178 g/mol. The molecule has 0 saturated carbocycles. The molecule has 56 valence electrons. The van der Waals surface area contributed by atoms with Crippen LogP contribution < -0.4 is 0 Å². The number of hydrogen-bond donors (Lipinski definition) is 2. The zero-order valence-electron chi connectivity index (χ0n) is 4.80. The molecule has 0 aromatic heterocycles. The Kier molecular flexibility index (Phi) is 19.9. The summed E-state index contributed by atoms with van der Waals surface area (Å²) in [5, 5.41) is 15.0. The summed E-state index contributed by atoms with van der Waals surface area (Å²) in [5.41, 5.74) is 0. The Bertz CT molecular complexity index is 101. The number of carboxylic acid groups (broad SMARTS) is 2. The minimum absolute atomic E-state index is 0. The molecule has 0 unspecified atom stereocenters. The molecule has 0 aromatic carbocycles. The van der Waals surface area contributed by atoms with Crippen molar-refractivity contribution in [2.45, 2.75) is 6.92 Å². The van der Waals surface area contributed by atoms with E-state index >= 15 is 0 Å². The van der Waals surface area contributed by atoms with Gasteiger partial charge in [-0.3, -0.25) is 9.59 Å². The van der Waals surface area contributed by atoms with Crippen molar-refractivity contribution in [3.8, 4) is 0 Å². The Balaban J connectivity index is -0.0000000910. The summed E-state index contributed by atoms with van der Waals surface area (Å²) in [5.74, 6) is -2.12. The van der Waals surface area contributed by atoms with Gasteiger partial charge in [-0.15, -0.1) is 11.6 Å². The average molecular weight is 179 g/mol. The van der Waals surface area contributed by atoms with Gasteiger partial charge in [-0.2, -0.15) is 0 Å². The average Bonchev–Trinajstić information content (AvgIpc) is 1.65. The van der Waals surface area contributed by atoms with Crippen molar-refractivity contribution in [2.24, 2.45) is 0 Å². The number of aliphatic carboxylic acids is 2. The topological polar surface area (TPSA) is 74.6 Å². The zero-order chi connectivity index (χ0) is 7.86. The molecule has 0 aromatic rings. The quantitative estimate of drug-likeness (QED) is 0.429. The second kappa shape index (κ2) is 12.0. The third kappa shape index (κ3) is 86.5. The molecule has 4 nitrogen and oxygen atoms in total. The molecule has 0 aliphatic rings. The number of halogens is 1. The van der Waals surface area contributed by atoms with Crippen LogP contribution in [0.4, 0.5) is 0 Å². The molecule has 6 heteroatoms. The second-order valence-corrected chi connectivity index (χ2v) is 1.31. The molecule has 0 fully saturated rings. The first-order chi connectivity index (χ1) is 4.00. The van der Waals surface area contributed by atoms with Gasteiger partial charge in [-0.05, 0) is 0 Å². The predicted molar refractivity (Wildman–Crippen MR) is 38.8 cm³/mol. The predicted octanol–water partition coefficient (Wildman–Crippen LogP) is -0.248. The molecule has 2 N–H and O–H groups in total. The van der Waals surface area contributed by atoms with E-state index in [0.29, 0.717) is 0 Å². The molecule has 0 bridgehead atoms. The summed E-state index contributed by atoms with van der Waals surface area (Å²) >= 11 is 4.74. The van der Waals surface area contributed by atoms with E-state index in [1.807, 2.05) is 0 Å². The van der Waals surface area contributed by atoms with Crippen LogP contribution in [-0.4, -0.2) is 57.6 Å². The molecular weight excluding hydrogens is 170 g/mol. The first-order valence-corrected chi connectivity index (χ1v) is 2.51. The maximum atomic E-state index is 9.24. The molecule has 0 rings (SSSR count). The summed E-state index contributed by atoms with van der Waals surface area (Å²) in [6, 6.07) is 0. The van der Waals surface area contributed by atoms with Crippen LogP contribution in [0.3, 0.4) is 0 Å². The fraction of sp³-hybridized carbons (Fsp3) is 0.500. The van der Waals surface area contributed by atoms with Crippen LogP contribution in [0.15, 0.2) is 0 Å². The number of alkyl halides is 1. The van der Waals surface area contributed by atoms with E-state index in [1.54, 1.807) is 0 Å². The molecular formula is C4H8ClNaO4. The standard InChI is InChI=1S/C2H3ClO2.C2H4O2.Na.H/c3-1-2(4)5;1-2(3)4;;/h1H2,(H,4,5);1H3,(H,3,4);;. The molecule has 0 radical (unpaired) electrons. The summed E-state index contributed by atoms with van der Waals surface area (Å²) in [7, 11) is 0. The summed E-state index contributed by atoms with van der Waals surface area (Å²) in [6.45, 7) is 1.08. The fourth-order valence-corrected chi connectivity index (χ4v) is 0. The second-order valence-electron chi connectivity index (χ2n) is 1.05. The van der Waals surface area contributed by atoms with Gasteiger partial charge in [0.1, 0.15) is 5.88 Å². The van der Waals surface area contributed by atoms with Gasteiger partial charge in [-0.25, -0.2) is 0 Å². The Morgan fingerprint density at radius 3 is 1.50 bits per heavy atom. The normalized spacial score (nSPS) is 6.20. The van der Waals surface area contributed by atoms with Gasteiger partial charge in [0, 0.05) is 6.92 Å². The van der Waals surface area contributed by atoms with Crippen LogP contribution in [-0.2, 0) is 9.59 Å². The van der Waals surface area contributed by atoms with Crippen molar-refractivity contribution in [1.82, 2.24) is 0 Å². The van der Waals surface area contributed by atoms with Crippen molar-refractivity contribution in [3.05, 3.63) is 0 Å². The molecule has 0 amide bonds. The molecule has 0 atom stereocenters. The van der Waals surface area contributed by atoms with E-state index in [9.17, 15) is 4.79 Å². The van der Waals surface area contributed by atoms with Crippen molar-refractivity contribution >= 4 is 53.1 Å². The zero-order valence-corrected chi connectivity index (χ0v) is 5.55. The molecule has 10 heavy (non-hydrogen) atoms. The number of carboxylic acids is 2. The van der Waals surface area contributed by atoms with Gasteiger partial charge < -0.3 is 10.2 Å². The summed E-state index contributed by atoms with van der Waals surface area (Å²) in [4.78, 5) is 18.2. The summed E-state index contributed by atoms with van der Waals surface area (Å²) < 4.78 is 0. The molecule has 0 aliphatic carbocycles. The van der Waals surface area contributed by atoms with Gasteiger partial charge in [0.15, 0.2) is 0 Å². The Morgan fingerprint density at radius 2 is 1.50 bits per heavy atom. The Labute approximate surface area is 85.5 Å². The van der Waals surface area contributed by atoms with Crippen LogP contribution in [0.5, 0.6) is 0 Å².